The van der Waals surface area contributed by atoms with Crippen molar-refractivity contribution >= 4 is 21.8 Å². The number of nitrogens with one attached hydrogen (secondary N) is 2. The van der Waals surface area contributed by atoms with E-state index in [4.69, 9.17) is 0 Å². The average molecular weight is 472 g/mol. The van der Waals surface area contributed by atoms with Gasteiger partial charge in [-0.2, -0.15) is 4.31 Å². The van der Waals surface area contributed by atoms with Crippen molar-refractivity contribution in [1.82, 2.24) is 14.9 Å². The zero-order chi connectivity index (χ0) is 24.0. The van der Waals surface area contributed by atoms with Crippen LogP contribution in [0.3, 0.4) is 0 Å². The first kappa shape index (κ1) is 24.9. The van der Waals surface area contributed by atoms with E-state index >= 15 is 0 Å². The molecule has 2 aromatic rings. The van der Waals surface area contributed by atoms with Crippen LogP contribution >= 0.6 is 0 Å². The summed E-state index contributed by atoms with van der Waals surface area (Å²) in [6.07, 6.45) is 0.972. The molecule has 1 unspecified atom stereocenters. The van der Waals surface area contributed by atoms with E-state index in [1.807, 2.05) is 26.8 Å². The fourth-order valence-corrected chi connectivity index (χ4v) is 5.40. The predicted molar refractivity (Wildman–Crippen MR) is 128 cm³/mol. The fourth-order valence-electron chi connectivity index (χ4n) is 3.94. The van der Waals surface area contributed by atoms with Crippen LogP contribution in [0.2, 0.25) is 0 Å². The van der Waals surface area contributed by atoms with Crippen LogP contribution in [-0.4, -0.2) is 50.2 Å². The lowest BCUT2D eigenvalue weighted by Crippen LogP contribution is -2.54. The first-order valence-corrected chi connectivity index (χ1v) is 12.8. The van der Waals surface area contributed by atoms with Crippen molar-refractivity contribution in [3.8, 4) is 0 Å². The van der Waals surface area contributed by atoms with Crippen molar-refractivity contribution in [2.75, 3.05) is 19.6 Å². The fraction of sp³-hybridized carbons (Fsp3) is 0.440. The van der Waals surface area contributed by atoms with Crippen molar-refractivity contribution in [2.24, 2.45) is 11.8 Å². The molecule has 1 aliphatic heterocycles. The lowest BCUT2D eigenvalue weighted by molar-refractivity contribution is -0.124. The van der Waals surface area contributed by atoms with E-state index in [0.717, 1.165) is 5.56 Å². The van der Waals surface area contributed by atoms with Crippen LogP contribution in [0.15, 0.2) is 59.5 Å². The highest BCUT2D eigenvalue weighted by Gasteiger charge is 2.36. The molecule has 0 spiro atoms. The second-order valence-electron chi connectivity index (χ2n) is 9.01. The maximum Gasteiger partial charge on any atom is 0.251 e. The Hall–Kier alpha value is -2.71. The smallest absolute Gasteiger partial charge is 0.251 e. The molecule has 2 amide bonds. The van der Waals surface area contributed by atoms with Gasteiger partial charge in [-0.15, -0.1) is 0 Å². The number of nitrogens with zero attached hydrogens (tertiary/aromatic N) is 1. The van der Waals surface area contributed by atoms with Gasteiger partial charge >= 0.3 is 0 Å². The molecule has 1 heterocycles. The zero-order valence-electron chi connectivity index (χ0n) is 19.5. The Morgan fingerprint density at radius 3 is 2.18 bits per heavy atom. The molecule has 1 saturated heterocycles. The molecule has 2 aromatic carbocycles. The summed E-state index contributed by atoms with van der Waals surface area (Å²) in [6.45, 7) is 7.04. The number of rotatable bonds is 8. The first-order chi connectivity index (χ1) is 15.7. The molecule has 8 heteroatoms. The standard InChI is InChI=1S/C25H33N3O4S/c1-18(2)17-26-25(30)23(27-24(29)21-7-5-4-6-8-21)20-13-15-28(16-14-20)33(31,32)22-11-9-19(3)10-12-22/h4-12,18,20,23H,13-17H2,1-3H3,(H,26,30)(H,27,29). The van der Waals surface area contributed by atoms with Crippen LogP contribution in [0.4, 0.5) is 0 Å². The van der Waals surface area contributed by atoms with Crippen LogP contribution in [-0.2, 0) is 14.8 Å². The van der Waals surface area contributed by atoms with Gasteiger partial charge in [0, 0.05) is 25.2 Å². The molecule has 0 bridgehead atoms. The van der Waals surface area contributed by atoms with E-state index in [2.05, 4.69) is 10.6 Å². The third-order valence-corrected chi connectivity index (χ3v) is 7.83. The number of piperidine rings is 1. The summed E-state index contributed by atoms with van der Waals surface area (Å²) < 4.78 is 27.5. The van der Waals surface area contributed by atoms with Crippen LogP contribution in [0.25, 0.3) is 0 Å². The highest BCUT2D eigenvalue weighted by Crippen LogP contribution is 2.26. The Balaban J connectivity index is 1.71. The molecule has 1 atom stereocenters. The molecule has 2 N–H and O–H groups in total. The van der Waals surface area contributed by atoms with Gasteiger partial charge < -0.3 is 10.6 Å². The summed E-state index contributed by atoms with van der Waals surface area (Å²) in [5.74, 6) is -0.418. The van der Waals surface area contributed by atoms with E-state index in [1.54, 1.807) is 48.5 Å². The molecular formula is C25H33N3O4S. The maximum atomic E-state index is 13.0. The Kier molecular flexibility index (Phi) is 8.26. The monoisotopic (exact) mass is 471 g/mol. The first-order valence-electron chi connectivity index (χ1n) is 11.4. The van der Waals surface area contributed by atoms with Gasteiger partial charge in [0.2, 0.25) is 15.9 Å². The molecule has 0 aromatic heterocycles. The molecular weight excluding hydrogens is 438 g/mol. The van der Waals surface area contributed by atoms with Crippen LogP contribution in [0, 0.1) is 18.8 Å². The molecule has 0 radical (unpaired) electrons. The maximum absolute atomic E-state index is 13.0. The van der Waals surface area contributed by atoms with Gasteiger partial charge in [-0.3, -0.25) is 9.59 Å². The average Bonchev–Trinajstić information content (AvgIpc) is 2.81. The van der Waals surface area contributed by atoms with E-state index in [1.165, 1.54) is 4.31 Å². The van der Waals surface area contributed by atoms with E-state index in [0.29, 0.717) is 38.0 Å². The number of aryl methyl sites for hydroxylation is 1. The van der Waals surface area contributed by atoms with Crippen molar-refractivity contribution < 1.29 is 18.0 Å². The van der Waals surface area contributed by atoms with Gasteiger partial charge in [0.05, 0.1) is 4.90 Å². The highest BCUT2D eigenvalue weighted by atomic mass is 32.2. The SMILES string of the molecule is Cc1ccc(S(=O)(=O)N2CCC(C(NC(=O)c3ccccc3)C(=O)NCC(C)C)CC2)cc1. The number of sulfonamides is 1. The van der Waals surface area contributed by atoms with Crippen molar-refractivity contribution in [1.29, 1.82) is 0 Å². The lowest BCUT2D eigenvalue weighted by Gasteiger charge is -2.35. The third-order valence-electron chi connectivity index (χ3n) is 5.92. The molecule has 178 valence electrons. The van der Waals surface area contributed by atoms with Crippen molar-refractivity contribution in [3.05, 3.63) is 65.7 Å². The summed E-state index contributed by atoms with van der Waals surface area (Å²) in [5, 5.41) is 5.82. The van der Waals surface area contributed by atoms with Crippen LogP contribution in [0.1, 0.15) is 42.6 Å². The summed E-state index contributed by atoms with van der Waals surface area (Å²) >= 11 is 0. The molecule has 0 saturated carbocycles. The number of amides is 2. The molecule has 0 aliphatic carbocycles. The van der Waals surface area contributed by atoms with Gasteiger partial charge in [-0.1, -0.05) is 49.7 Å². The van der Waals surface area contributed by atoms with Gasteiger partial charge in [0.1, 0.15) is 6.04 Å². The van der Waals surface area contributed by atoms with E-state index < -0.39 is 16.1 Å². The summed E-state index contributed by atoms with van der Waals surface area (Å²) in [4.78, 5) is 26.0. The number of carbonyl (C=O) groups excluding carboxylic acids is 2. The minimum atomic E-state index is -3.59. The number of hydrogen-bond donors (Lipinski definition) is 2. The Morgan fingerprint density at radius 2 is 1.61 bits per heavy atom. The molecule has 1 fully saturated rings. The zero-order valence-corrected chi connectivity index (χ0v) is 20.3. The highest BCUT2D eigenvalue weighted by molar-refractivity contribution is 7.89. The van der Waals surface area contributed by atoms with Crippen LogP contribution in [0.5, 0.6) is 0 Å². The second kappa shape index (κ2) is 10.9. The Labute approximate surface area is 196 Å². The summed E-state index contributed by atoms with van der Waals surface area (Å²) in [6, 6.07) is 14.9. The van der Waals surface area contributed by atoms with Gasteiger partial charge in [0.15, 0.2) is 0 Å². The molecule has 3 rings (SSSR count). The Bertz CT molecular complexity index is 1040. The number of hydrogen-bond acceptors (Lipinski definition) is 4. The molecule has 33 heavy (non-hydrogen) atoms. The van der Waals surface area contributed by atoms with E-state index in [9.17, 15) is 18.0 Å². The van der Waals surface area contributed by atoms with Gasteiger partial charge in [-0.25, -0.2) is 8.42 Å². The topological polar surface area (TPSA) is 95.6 Å². The van der Waals surface area contributed by atoms with Gasteiger partial charge in [-0.05, 0) is 55.9 Å². The Morgan fingerprint density at radius 1 is 1.00 bits per heavy atom. The van der Waals surface area contributed by atoms with Crippen molar-refractivity contribution in [3.63, 3.8) is 0 Å². The molecule has 7 nitrogen and oxygen atoms in total. The quantitative estimate of drug-likeness (QED) is 0.619. The largest absolute Gasteiger partial charge is 0.354 e. The van der Waals surface area contributed by atoms with Gasteiger partial charge in [0.25, 0.3) is 5.91 Å². The minimum absolute atomic E-state index is 0.158. The van der Waals surface area contributed by atoms with E-state index in [-0.39, 0.29) is 28.5 Å². The lowest BCUT2D eigenvalue weighted by atomic mass is 9.89. The summed E-state index contributed by atoms with van der Waals surface area (Å²) in [7, 11) is -3.59. The predicted octanol–water partition coefficient (Wildman–Crippen LogP) is 2.97. The normalized spacial score (nSPS) is 16.4. The molecule has 1 aliphatic rings. The minimum Gasteiger partial charge on any atom is -0.354 e. The second-order valence-corrected chi connectivity index (χ2v) is 10.9. The van der Waals surface area contributed by atoms with Crippen LogP contribution < -0.4 is 10.6 Å². The third kappa shape index (κ3) is 6.42. The number of benzene rings is 2. The van der Waals surface area contributed by atoms with Crippen molar-refractivity contribution in [2.45, 2.75) is 44.6 Å². The number of carbonyl (C=O) groups is 2. The summed E-state index contributed by atoms with van der Waals surface area (Å²) in [5.41, 5.74) is 1.48.